The number of aromatic nitrogens is 1. The van der Waals surface area contributed by atoms with Gasteiger partial charge >= 0.3 is 0 Å². The van der Waals surface area contributed by atoms with E-state index in [9.17, 15) is 4.79 Å². The van der Waals surface area contributed by atoms with Crippen LogP contribution in [-0.2, 0) is 11.3 Å². The highest BCUT2D eigenvalue weighted by molar-refractivity contribution is 7.13. The molecule has 5 nitrogen and oxygen atoms in total. The number of carbonyl (C=O) groups excluding carboxylic acids is 1. The molecule has 0 radical (unpaired) electrons. The Labute approximate surface area is 188 Å². The van der Waals surface area contributed by atoms with Crippen molar-refractivity contribution in [3.8, 4) is 16.3 Å². The van der Waals surface area contributed by atoms with Crippen LogP contribution in [-0.4, -0.2) is 30.1 Å². The number of carbonyl (C=O) groups is 1. The molecular formula is C22H20Cl2N2O3S. The first-order valence-corrected chi connectivity index (χ1v) is 11.2. The van der Waals surface area contributed by atoms with E-state index in [2.05, 4.69) is 10.3 Å². The average Bonchev–Trinajstić information content (AvgIpc) is 3.45. The molecule has 1 N–H and O–H groups in total. The fourth-order valence-corrected chi connectivity index (χ4v) is 4.25. The molecule has 1 aliphatic heterocycles. The van der Waals surface area contributed by atoms with Gasteiger partial charge in [-0.1, -0.05) is 41.4 Å². The first kappa shape index (κ1) is 21.1. The van der Waals surface area contributed by atoms with Gasteiger partial charge in [0.05, 0.1) is 16.1 Å². The summed E-state index contributed by atoms with van der Waals surface area (Å²) in [4.78, 5) is 16.8. The van der Waals surface area contributed by atoms with E-state index < -0.39 is 0 Å². The van der Waals surface area contributed by atoms with Gasteiger partial charge < -0.3 is 14.8 Å². The van der Waals surface area contributed by atoms with Crippen molar-refractivity contribution in [2.75, 3.05) is 13.2 Å². The summed E-state index contributed by atoms with van der Waals surface area (Å²) in [6.07, 6.45) is 2.14. The van der Waals surface area contributed by atoms with Crippen LogP contribution < -0.4 is 10.1 Å². The fraction of sp³-hybridized carbons (Fsp3) is 0.273. The molecule has 1 aliphatic rings. The molecule has 2 heterocycles. The highest BCUT2D eigenvalue weighted by atomic mass is 35.5. The van der Waals surface area contributed by atoms with Gasteiger partial charge in [0.1, 0.15) is 23.1 Å². The number of amides is 1. The Hall–Kier alpha value is -2.12. The van der Waals surface area contributed by atoms with Gasteiger partial charge in [-0.05, 0) is 42.7 Å². The molecule has 30 heavy (non-hydrogen) atoms. The SMILES string of the molecule is O=C(NC[C@H]1CCCO1)c1csc(-c2cccc(OCc3ccc(Cl)c(Cl)c3)c2)n1. The van der Waals surface area contributed by atoms with Crippen LogP contribution in [0.2, 0.25) is 10.0 Å². The minimum absolute atomic E-state index is 0.108. The summed E-state index contributed by atoms with van der Waals surface area (Å²) >= 11 is 13.4. The van der Waals surface area contributed by atoms with E-state index in [1.165, 1.54) is 11.3 Å². The summed E-state index contributed by atoms with van der Waals surface area (Å²) in [6.45, 7) is 1.66. The lowest BCUT2D eigenvalue weighted by atomic mass is 10.2. The van der Waals surface area contributed by atoms with Crippen molar-refractivity contribution in [2.24, 2.45) is 0 Å². The van der Waals surface area contributed by atoms with Crippen molar-refractivity contribution in [3.63, 3.8) is 0 Å². The third-order valence-electron chi connectivity index (χ3n) is 4.72. The van der Waals surface area contributed by atoms with Crippen LogP contribution in [0.3, 0.4) is 0 Å². The van der Waals surface area contributed by atoms with Gasteiger partial charge in [-0.3, -0.25) is 4.79 Å². The van der Waals surface area contributed by atoms with E-state index in [1.807, 2.05) is 30.3 Å². The van der Waals surface area contributed by atoms with Gasteiger partial charge in [-0.25, -0.2) is 4.98 Å². The van der Waals surface area contributed by atoms with E-state index in [0.717, 1.165) is 35.6 Å². The standard InChI is InChI=1S/C22H20Cl2N2O3S/c23-18-7-6-14(9-19(18)24)12-29-16-4-1-3-15(10-16)22-26-20(13-30-22)21(27)25-11-17-5-2-8-28-17/h1,3-4,6-7,9-10,13,17H,2,5,8,11-12H2,(H,25,27)/t17-/m1/s1. The van der Waals surface area contributed by atoms with Crippen molar-refractivity contribution < 1.29 is 14.3 Å². The number of nitrogens with zero attached hydrogens (tertiary/aromatic N) is 1. The Kier molecular flexibility index (Phi) is 6.89. The molecule has 1 atom stereocenters. The quantitative estimate of drug-likeness (QED) is 0.495. The second-order valence-electron chi connectivity index (χ2n) is 6.95. The van der Waals surface area contributed by atoms with Gasteiger partial charge in [-0.15, -0.1) is 11.3 Å². The maximum Gasteiger partial charge on any atom is 0.270 e. The third kappa shape index (κ3) is 5.32. The smallest absolute Gasteiger partial charge is 0.270 e. The summed E-state index contributed by atoms with van der Waals surface area (Å²) in [7, 11) is 0. The number of hydrogen-bond acceptors (Lipinski definition) is 5. The number of nitrogens with one attached hydrogen (secondary N) is 1. The summed E-state index contributed by atoms with van der Waals surface area (Å²) < 4.78 is 11.4. The maximum atomic E-state index is 12.4. The predicted octanol–water partition coefficient (Wildman–Crippen LogP) is 5.60. The van der Waals surface area contributed by atoms with E-state index >= 15 is 0 Å². The molecule has 1 fully saturated rings. The van der Waals surface area contributed by atoms with E-state index in [0.29, 0.717) is 34.6 Å². The number of rotatable bonds is 7. The van der Waals surface area contributed by atoms with Crippen LogP contribution in [0.1, 0.15) is 28.9 Å². The van der Waals surface area contributed by atoms with Crippen LogP contribution in [0.5, 0.6) is 5.75 Å². The second-order valence-corrected chi connectivity index (χ2v) is 8.62. The highest BCUT2D eigenvalue weighted by Gasteiger charge is 2.18. The van der Waals surface area contributed by atoms with Crippen LogP contribution >= 0.6 is 34.5 Å². The molecule has 1 amide bonds. The zero-order valence-electron chi connectivity index (χ0n) is 16.1. The molecule has 8 heteroatoms. The molecule has 0 bridgehead atoms. The number of thiazole rings is 1. The summed E-state index contributed by atoms with van der Waals surface area (Å²) in [5.41, 5.74) is 2.23. The third-order valence-corrected chi connectivity index (χ3v) is 6.35. The number of benzene rings is 2. The minimum Gasteiger partial charge on any atom is -0.489 e. The summed E-state index contributed by atoms with van der Waals surface area (Å²) in [5, 5.41) is 6.44. The van der Waals surface area contributed by atoms with E-state index in [-0.39, 0.29) is 12.0 Å². The molecule has 0 saturated carbocycles. The lowest BCUT2D eigenvalue weighted by Crippen LogP contribution is -2.31. The van der Waals surface area contributed by atoms with Crippen molar-refractivity contribution in [2.45, 2.75) is 25.6 Å². The second kappa shape index (κ2) is 9.79. The number of halogens is 2. The normalized spacial score (nSPS) is 15.9. The molecule has 4 rings (SSSR count). The van der Waals surface area contributed by atoms with Gasteiger partial charge in [0.15, 0.2) is 0 Å². The van der Waals surface area contributed by atoms with Crippen molar-refractivity contribution in [3.05, 3.63) is 69.1 Å². The molecule has 1 aromatic heterocycles. The van der Waals surface area contributed by atoms with Crippen molar-refractivity contribution >= 4 is 40.4 Å². The van der Waals surface area contributed by atoms with Crippen LogP contribution in [0.4, 0.5) is 0 Å². The molecule has 1 saturated heterocycles. The monoisotopic (exact) mass is 462 g/mol. The molecular weight excluding hydrogens is 443 g/mol. The molecule has 3 aromatic rings. The van der Waals surface area contributed by atoms with E-state index in [4.69, 9.17) is 32.7 Å². The molecule has 0 spiro atoms. The Balaban J connectivity index is 1.38. The molecule has 156 valence electrons. The molecule has 0 aliphatic carbocycles. The Morgan fingerprint density at radius 2 is 2.13 bits per heavy atom. The summed E-state index contributed by atoms with van der Waals surface area (Å²) in [5.74, 6) is 0.526. The fourth-order valence-electron chi connectivity index (χ4n) is 3.13. The largest absolute Gasteiger partial charge is 0.489 e. The van der Waals surface area contributed by atoms with Gasteiger partial charge in [0, 0.05) is 24.1 Å². The highest BCUT2D eigenvalue weighted by Crippen LogP contribution is 2.28. The van der Waals surface area contributed by atoms with Crippen molar-refractivity contribution in [1.82, 2.24) is 10.3 Å². The molecule has 0 unspecified atom stereocenters. The number of hydrogen-bond donors (Lipinski definition) is 1. The first-order valence-electron chi connectivity index (χ1n) is 9.61. The van der Waals surface area contributed by atoms with E-state index in [1.54, 1.807) is 17.5 Å². The Bertz CT molecular complexity index is 1030. The number of ether oxygens (including phenoxy) is 2. The predicted molar refractivity (Wildman–Crippen MR) is 120 cm³/mol. The van der Waals surface area contributed by atoms with Gasteiger partial charge in [-0.2, -0.15) is 0 Å². The Morgan fingerprint density at radius 1 is 1.23 bits per heavy atom. The minimum atomic E-state index is -0.181. The maximum absolute atomic E-state index is 12.4. The Morgan fingerprint density at radius 3 is 2.93 bits per heavy atom. The topological polar surface area (TPSA) is 60.5 Å². The lowest BCUT2D eigenvalue weighted by Gasteiger charge is -2.09. The van der Waals surface area contributed by atoms with Crippen LogP contribution in [0, 0.1) is 0 Å². The summed E-state index contributed by atoms with van der Waals surface area (Å²) in [6, 6.07) is 13.0. The van der Waals surface area contributed by atoms with Gasteiger partial charge in [0.25, 0.3) is 5.91 Å². The zero-order chi connectivity index (χ0) is 20.9. The van der Waals surface area contributed by atoms with Crippen LogP contribution in [0.15, 0.2) is 47.8 Å². The zero-order valence-corrected chi connectivity index (χ0v) is 18.4. The average molecular weight is 463 g/mol. The van der Waals surface area contributed by atoms with Crippen LogP contribution in [0.25, 0.3) is 10.6 Å². The van der Waals surface area contributed by atoms with Crippen molar-refractivity contribution in [1.29, 1.82) is 0 Å². The molecule has 2 aromatic carbocycles. The van der Waals surface area contributed by atoms with Gasteiger partial charge in [0.2, 0.25) is 0 Å². The first-order chi connectivity index (χ1) is 14.6. The lowest BCUT2D eigenvalue weighted by molar-refractivity contribution is 0.0854.